The lowest BCUT2D eigenvalue weighted by Crippen LogP contribution is -2.54. The van der Waals surface area contributed by atoms with Gasteiger partial charge in [0, 0.05) is 28.5 Å². The maximum atomic E-state index is 13.6. The number of benzene rings is 1. The zero-order valence-corrected chi connectivity index (χ0v) is 16.6. The van der Waals surface area contributed by atoms with Crippen LogP contribution in [0.5, 0.6) is 0 Å². The van der Waals surface area contributed by atoms with Gasteiger partial charge in [0.2, 0.25) is 5.96 Å². The summed E-state index contributed by atoms with van der Waals surface area (Å²) in [6.07, 6.45) is 1.98. The van der Waals surface area contributed by atoms with E-state index in [9.17, 15) is 4.79 Å². The lowest BCUT2D eigenvalue weighted by molar-refractivity contribution is 0.0999. The van der Waals surface area contributed by atoms with Crippen molar-refractivity contribution in [3.05, 3.63) is 46.3 Å². The molecule has 0 spiro atoms. The Bertz CT molecular complexity index is 917. The Morgan fingerprint density at radius 3 is 2.81 bits per heavy atom. The average molecular weight is 384 g/mol. The first kappa shape index (κ1) is 16.4. The minimum absolute atomic E-state index is 0.0864. The number of carbonyl (C=O) groups excluding carboxylic acids is 1. The number of hydrogen-bond acceptors (Lipinski definition) is 5. The van der Waals surface area contributed by atoms with Crippen LogP contribution < -0.4 is 9.80 Å². The third-order valence-electron chi connectivity index (χ3n) is 5.18. The van der Waals surface area contributed by atoms with Crippen LogP contribution in [0.15, 0.2) is 35.3 Å². The fourth-order valence-corrected chi connectivity index (χ4v) is 6.42. The van der Waals surface area contributed by atoms with Crippen LogP contribution in [-0.2, 0) is 12.2 Å². The van der Waals surface area contributed by atoms with Gasteiger partial charge in [-0.05, 0) is 30.5 Å². The van der Waals surface area contributed by atoms with Crippen LogP contribution >= 0.6 is 23.1 Å². The van der Waals surface area contributed by atoms with Crippen LogP contribution in [0, 0.1) is 0 Å². The van der Waals surface area contributed by atoms with Crippen LogP contribution in [0.2, 0.25) is 0 Å². The Morgan fingerprint density at radius 2 is 2.00 bits per heavy atom. The van der Waals surface area contributed by atoms with Gasteiger partial charge in [-0.3, -0.25) is 9.79 Å². The second-order valence-electron chi connectivity index (χ2n) is 7.57. The second-order valence-corrected chi connectivity index (χ2v) is 10.3. The van der Waals surface area contributed by atoms with E-state index in [4.69, 9.17) is 4.99 Å². The molecule has 3 aliphatic rings. The lowest BCUT2D eigenvalue weighted by atomic mass is 9.96. The molecule has 1 amide bonds. The lowest BCUT2D eigenvalue weighted by Gasteiger charge is -2.39. The van der Waals surface area contributed by atoms with Crippen molar-refractivity contribution >= 4 is 45.7 Å². The van der Waals surface area contributed by atoms with E-state index >= 15 is 0 Å². The molecule has 0 bridgehead atoms. The number of aliphatic imine (C=N–C) groups is 1. The number of amides is 1. The largest absolute Gasteiger partial charge is 0.302 e. The summed E-state index contributed by atoms with van der Waals surface area (Å²) < 4.78 is 0.177. The molecule has 134 valence electrons. The summed E-state index contributed by atoms with van der Waals surface area (Å²) in [5, 5.41) is 1.11. The topological polar surface area (TPSA) is 35.9 Å². The summed E-state index contributed by atoms with van der Waals surface area (Å²) in [6, 6.07) is 9.94. The van der Waals surface area contributed by atoms with Crippen molar-refractivity contribution in [1.29, 1.82) is 0 Å². The minimum Gasteiger partial charge on any atom is -0.302 e. The summed E-state index contributed by atoms with van der Waals surface area (Å²) in [7, 11) is 0. The maximum Gasteiger partial charge on any atom is 0.268 e. The van der Waals surface area contributed by atoms with Gasteiger partial charge in [-0.15, -0.1) is 23.1 Å². The van der Waals surface area contributed by atoms with Gasteiger partial charge in [-0.1, -0.05) is 32.0 Å². The predicted molar refractivity (Wildman–Crippen MR) is 111 cm³/mol. The van der Waals surface area contributed by atoms with E-state index in [-0.39, 0.29) is 10.7 Å². The second kappa shape index (κ2) is 5.86. The van der Waals surface area contributed by atoms with Gasteiger partial charge in [-0.25, -0.2) is 4.90 Å². The summed E-state index contributed by atoms with van der Waals surface area (Å²) in [4.78, 5) is 23.8. The molecule has 5 rings (SSSR count). The highest BCUT2D eigenvalue weighted by Gasteiger charge is 2.43. The van der Waals surface area contributed by atoms with Gasteiger partial charge < -0.3 is 4.90 Å². The Balaban J connectivity index is 1.71. The Hall–Kier alpha value is -1.79. The molecule has 4 heterocycles. The molecule has 26 heavy (non-hydrogen) atoms. The van der Waals surface area contributed by atoms with Crippen LogP contribution in [0.25, 0.3) is 0 Å². The highest BCUT2D eigenvalue weighted by Crippen LogP contribution is 2.49. The molecule has 2 aromatic rings. The zero-order chi connectivity index (χ0) is 17.9. The van der Waals surface area contributed by atoms with E-state index < -0.39 is 0 Å². The molecule has 0 unspecified atom stereocenters. The van der Waals surface area contributed by atoms with Crippen LogP contribution in [0.3, 0.4) is 0 Å². The standard InChI is InChI=1S/C20H21N3OS2/c1-20(2)11-14-15(12-25-20)26-18-16(14)17(24)23(13-7-4-3-5-8-13)19-21-9-6-10-22(18)19/h3-5,7-8H,6,9-12H2,1-2H3. The number of guanidine groups is 1. The number of thiophene rings is 1. The molecule has 0 aliphatic carbocycles. The van der Waals surface area contributed by atoms with E-state index in [1.165, 1.54) is 10.4 Å². The first-order valence-corrected chi connectivity index (χ1v) is 10.9. The minimum atomic E-state index is 0.0864. The van der Waals surface area contributed by atoms with Gasteiger partial charge in [-0.2, -0.15) is 0 Å². The number of rotatable bonds is 1. The van der Waals surface area contributed by atoms with Crippen LogP contribution in [-0.4, -0.2) is 29.7 Å². The first-order chi connectivity index (χ1) is 12.6. The van der Waals surface area contributed by atoms with Crippen LogP contribution in [0.1, 0.15) is 41.1 Å². The molecule has 6 heteroatoms. The normalized spacial score (nSPS) is 21.0. The van der Waals surface area contributed by atoms with Gasteiger partial charge in [0.1, 0.15) is 5.00 Å². The zero-order valence-electron chi connectivity index (χ0n) is 15.0. The van der Waals surface area contributed by atoms with Crippen molar-refractivity contribution < 1.29 is 4.79 Å². The molecule has 0 saturated heterocycles. The number of anilines is 2. The van der Waals surface area contributed by atoms with E-state index in [0.29, 0.717) is 0 Å². The number of hydrogen-bond donors (Lipinski definition) is 0. The van der Waals surface area contributed by atoms with Crippen molar-refractivity contribution in [2.45, 2.75) is 37.2 Å². The predicted octanol–water partition coefficient (Wildman–Crippen LogP) is 4.54. The third-order valence-corrected chi connectivity index (χ3v) is 7.98. The quantitative estimate of drug-likeness (QED) is 0.725. The molecule has 4 nitrogen and oxygen atoms in total. The Kier molecular flexibility index (Phi) is 3.69. The molecule has 0 fully saturated rings. The SMILES string of the molecule is CC1(C)Cc2c(sc3c2C(=O)N(c2ccccc2)C2=NCCCN23)CS1. The molecule has 0 N–H and O–H groups in total. The van der Waals surface area contributed by atoms with Crippen molar-refractivity contribution in [1.82, 2.24) is 0 Å². The van der Waals surface area contributed by atoms with Crippen molar-refractivity contribution in [3.8, 4) is 0 Å². The smallest absolute Gasteiger partial charge is 0.268 e. The third kappa shape index (κ3) is 2.42. The Labute approximate surface area is 161 Å². The molecule has 0 atom stereocenters. The van der Waals surface area contributed by atoms with Gasteiger partial charge in [0.25, 0.3) is 5.91 Å². The maximum absolute atomic E-state index is 13.6. The number of carbonyl (C=O) groups is 1. The molecular weight excluding hydrogens is 362 g/mol. The number of nitrogens with zero attached hydrogens (tertiary/aromatic N) is 3. The summed E-state index contributed by atoms with van der Waals surface area (Å²) >= 11 is 3.79. The summed E-state index contributed by atoms with van der Waals surface area (Å²) in [6.45, 7) is 6.27. The number of para-hydroxylation sites is 1. The average Bonchev–Trinajstić information content (AvgIpc) is 3.01. The first-order valence-electron chi connectivity index (χ1n) is 9.05. The summed E-state index contributed by atoms with van der Waals surface area (Å²) in [5.74, 6) is 1.88. The van der Waals surface area contributed by atoms with E-state index in [1.54, 1.807) is 11.3 Å². The number of thioether (sulfide) groups is 1. The molecule has 0 radical (unpaired) electrons. The highest BCUT2D eigenvalue weighted by molar-refractivity contribution is 8.00. The molecule has 3 aliphatic heterocycles. The van der Waals surface area contributed by atoms with Crippen molar-refractivity contribution in [2.24, 2.45) is 4.99 Å². The van der Waals surface area contributed by atoms with E-state index in [2.05, 4.69) is 18.7 Å². The van der Waals surface area contributed by atoms with Gasteiger partial charge in [0.15, 0.2) is 0 Å². The van der Waals surface area contributed by atoms with Gasteiger partial charge in [0.05, 0.1) is 11.3 Å². The van der Waals surface area contributed by atoms with Crippen molar-refractivity contribution in [3.63, 3.8) is 0 Å². The summed E-state index contributed by atoms with van der Waals surface area (Å²) in [5.41, 5.74) is 3.09. The monoisotopic (exact) mass is 383 g/mol. The van der Waals surface area contributed by atoms with Crippen LogP contribution in [0.4, 0.5) is 10.7 Å². The van der Waals surface area contributed by atoms with E-state index in [1.807, 2.05) is 47.0 Å². The van der Waals surface area contributed by atoms with E-state index in [0.717, 1.165) is 53.9 Å². The fourth-order valence-electron chi connectivity index (χ4n) is 3.94. The molecule has 1 aromatic carbocycles. The molecule has 1 aromatic heterocycles. The fraction of sp³-hybridized carbons (Fsp3) is 0.400. The Morgan fingerprint density at radius 1 is 1.19 bits per heavy atom. The number of fused-ring (bicyclic) bond motifs is 5. The molecular formula is C20H21N3OS2. The highest BCUT2D eigenvalue weighted by atomic mass is 32.2. The molecule has 0 saturated carbocycles. The van der Waals surface area contributed by atoms with Gasteiger partial charge >= 0.3 is 0 Å². The van der Waals surface area contributed by atoms with Crippen molar-refractivity contribution in [2.75, 3.05) is 22.9 Å².